The molecule has 20 heavy (non-hydrogen) atoms. The molecule has 5 heteroatoms. The molecule has 2 atom stereocenters. The van der Waals surface area contributed by atoms with Gasteiger partial charge in [0.25, 0.3) is 0 Å². The maximum atomic E-state index is 12.9. The molecule has 0 aliphatic heterocycles. The van der Waals surface area contributed by atoms with Crippen LogP contribution >= 0.6 is 0 Å². The molecule has 0 saturated carbocycles. The van der Waals surface area contributed by atoms with E-state index < -0.39 is 18.1 Å². The number of hydrogen-bond acceptors (Lipinski definition) is 4. The van der Waals surface area contributed by atoms with Gasteiger partial charge in [-0.05, 0) is 30.2 Å². The molecule has 1 aromatic carbocycles. The maximum Gasteiger partial charge on any atom is 0.307 e. The van der Waals surface area contributed by atoms with Gasteiger partial charge in [-0.1, -0.05) is 26.0 Å². The molecule has 1 rings (SSSR count). The zero-order valence-corrected chi connectivity index (χ0v) is 12.1. The Bertz CT molecular complexity index is 420. The molecule has 0 aliphatic carbocycles. The maximum absolute atomic E-state index is 12.9. The summed E-state index contributed by atoms with van der Waals surface area (Å²) in [6, 6.07) is 5.14. The lowest BCUT2D eigenvalue weighted by molar-refractivity contribution is -0.142. The van der Waals surface area contributed by atoms with Gasteiger partial charge in [-0.3, -0.25) is 4.79 Å². The highest BCUT2D eigenvalue weighted by molar-refractivity contribution is 5.70. The van der Waals surface area contributed by atoms with Crippen molar-refractivity contribution in [3.8, 4) is 0 Å². The van der Waals surface area contributed by atoms with Crippen LogP contribution in [0.1, 0.15) is 31.9 Å². The molecule has 112 valence electrons. The fraction of sp³-hybridized carbons (Fsp3) is 0.533. The zero-order chi connectivity index (χ0) is 15.1. The van der Waals surface area contributed by atoms with Crippen LogP contribution in [0.4, 0.5) is 4.39 Å². The Morgan fingerprint density at radius 3 is 2.45 bits per heavy atom. The summed E-state index contributed by atoms with van der Waals surface area (Å²) in [7, 11) is 1.31. The summed E-state index contributed by atoms with van der Waals surface area (Å²) in [5.41, 5.74) is 0.566. The molecule has 0 aliphatic rings. The minimum atomic E-state index is -0.895. The second kappa shape index (κ2) is 7.97. The van der Waals surface area contributed by atoms with Crippen molar-refractivity contribution in [1.82, 2.24) is 5.32 Å². The number of esters is 1. The van der Waals surface area contributed by atoms with Gasteiger partial charge >= 0.3 is 5.97 Å². The van der Waals surface area contributed by atoms with E-state index in [0.29, 0.717) is 18.0 Å². The summed E-state index contributed by atoms with van der Waals surface area (Å²) < 4.78 is 17.5. The molecule has 0 bridgehead atoms. The third-order valence-corrected chi connectivity index (χ3v) is 3.00. The third-order valence-electron chi connectivity index (χ3n) is 3.00. The van der Waals surface area contributed by atoms with Gasteiger partial charge in [-0.15, -0.1) is 0 Å². The Morgan fingerprint density at radius 1 is 1.35 bits per heavy atom. The van der Waals surface area contributed by atoms with E-state index >= 15 is 0 Å². The van der Waals surface area contributed by atoms with Crippen LogP contribution in [-0.2, 0) is 9.53 Å². The molecule has 0 fully saturated rings. The first-order valence-corrected chi connectivity index (χ1v) is 6.67. The van der Waals surface area contributed by atoms with Crippen molar-refractivity contribution in [2.24, 2.45) is 5.92 Å². The van der Waals surface area contributed by atoms with E-state index in [1.165, 1.54) is 31.4 Å². The largest absolute Gasteiger partial charge is 0.469 e. The van der Waals surface area contributed by atoms with Crippen LogP contribution in [0.15, 0.2) is 24.3 Å². The van der Waals surface area contributed by atoms with E-state index in [2.05, 4.69) is 10.1 Å². The van der Waals surface area contributed by atoms with Crippen molar-refractivity contribution < 1.29 is 19.0 Å². The number of aliphatic hydroxyl groups excluding tert-OH is 1. The second-order valence-corrected chi connectivity index (χ2v) is 5.19. The van der Waals surface area contributed by atoms with E-state index in [-0.39, 0.29) is 12.2 Å². The van der Waals surface area contributed by atoms with Crippen molar-refractivity contribution in [2.75, 3.05) is 13.7 Å². The van der Waals surface area contributed by atoms with Gasteiger partial charge in [-0.2, -0.15) is 0 Å². The monoisotopic (exact) mass is 283 g/mol. The first-order chi connectivity index (χ1) is 9.43. The standard InChI is InChI=1S/C15H22FNO3/c1-10(2)9-17-13(8-14(18)20-3)15(19)11-4-6-12(16)7-5-11/h4-7,10,13,15,17,19H,8-9H2,1-3H3. The summed E-state index contributed by atoms with van der Waals surface area (Å²) in [5.74, 6) is -0.372. The minimum absolute atomic E-state index is 0.0573. The van der Waals surface area contributed by atoms with Gasteiger partial charge < -0.3 is 15.2 Å². The van der Waals surface area contributed by atoms with Crippen molar-refractivity contribution in [3.63, 3.8) is 0 Å². The molecule has 4 nitrogen and oxygen atoms in total. The summed E-state index contributed by atoms with van der Waals surface area (Å²) in [6.45, 7) is 4.73. The second-order valence-electron chi connectivity index (χ2n) is 5.19. The van der Waals surface area contributed by atoms with Crippen LogP contribution in [0.3, 0.4) is 0 Å². The lowest BCUT2D eigenvalue weighted by Crippen LogP contribution is -2.39. The number of benzene rings is 1. The quantitative estimate of drug-likeness (QED) is 0.752. The number of aliphatic hydroxyl groups is 1. The molecule has 2 N–H and O–H groups in total. The topological polar surface area (TPSA) is 58.6 Å². The van der Waals surface area contributed by atoms with Gasteiger partial charge in [0.05, 0.1) is 19.6 Å². The normalized spacial score (nSPS) is 14.1. The average Bonchev–Trinajstić information content (AvgIpc) is 2.43. The number of methoxy groups -OCH3 is 1. The first-order valence-electron chi connectivity index (χ1n) is 6.67. The molecule has 0 amide bonds. The number of carbonyl (C=O) groups excluding carboxylic acids is 1. The summed E-state index contributed by atoms with van der Waals surface area (Å²) in [5, 5.41) is 13.5. The number of nitrogens with one attached hydrogen (secondary N) is 1. The Balaban J connectivity index is 2.78. The van der Waals surface area contributed by atoms with Crippen molar-refractivity contribution >= 4 is 5.97 Å². The van der Waals surface area contributed by atoms with Gasteiger partial charge in [0, 0.05) is 6.04 Å². The lowest BCUT2D eigenvalue weighted by Gasteiger charge is -2.24. The highest BCUT2D eigenvalue weighted by Gasteiger charge is 2.24. The summed E-state index contributed by atoms with van der Waals surface area (Å²) in [6.07, 6.45) is -0.838. The Labute approximate surface area is 119 Å². The molecule has 0 spiro atoms. The van der Waals surface area contributed by atoms with Gasteiger partial charge in [0.1, 0.15) is 5.82 Å². The van der Waals surface area contributed by atoms with Gasteiger partial charge in [0.2, 0.25) is 0 Å². The predicted molar refractivity (Wildman–Crippen MR) is 74.6 cm³/mol. The highest BCUT2D eigenvalue weighted by Crippen LogP contribution is 2.20. The number of halogens is 1. The van der Waals surface area contributed by atoms with E-state index in [1.807, 2.05) is 13.8 Å². The molecular formula is C15H22FNO3. The van der Waals surface area contributed by atoms with Crippen LogP contribution in [0.25, 0.3) is 0 Å². The molecular weight excluding hydrogens is 261 g/mol. The highest BCUT2D eigenvalue weighted by atomic mass is 19.1. The van der Waals surface area contributed by atoms with E-state index in [4.69, 9.17) is 0 Å². The van der Waals surface area contributed by atoms with Crippen LogP contribution in [0, 0.1) is 11.7 Å². The Morgan fingerprint density at radius 2 is 1.95 bits per heavy atom. The number of carbonyl (C=O) groups is 1. The SMILES string of the molecule is COC(=O)CC(NCC(C)C)C(O)c1ccc(F)cc1. The van der Waals surface area contributed by atoms with Crippen LogP contribution in [0.2, 0.25) is 0 Å². The molecule has 0 radical (unpaired) electrons. The smallest absolute Gasteiger partial charge is 0.307 e. The third kappa shape index (κ3) is 5.27. The molecule has 0 aromatic heterocycles. The molecule has 1 aromatic rings. The van der Waals surface area contributed by atoms with E-state index in [1.54, 1.807) is 0 Å². The van der Waals surface area contributed by atoms with E-state index in [9.17, 15) is 14.3 Å². The number of ether oxygens (including phenoxy) is 1. The fourth-order valence-electron chi connectivity index (χ4n) is 1.84. The average molecular weight is 283 g/mol. The minimum Gasteiger partial charge on any atom is -0.469 e. The Hall–Kier alpha value is -1.46. The fourth-order valence-corrected chi connectivity index (χ4v) is 1.84. The molecule has 2 unspecified atom stereocenters. The van der Waals surface area contributed by atoms with Gasteiger partial charge in [0.15, 0.2) is 0 Å². The van der Waals surface area contributed by atoms with Crippen LogP contribution in [0.5, 0.6) is 0 Å². The van der Waals surface area contributed by atoms with Gasteiger partial charge in [-0.25, -0.2) is 4.39 Å². The number of rotatable bonds is 7. The molecule has 0 saturated heterocycles. The summed E-state index contributed by atoms with van der Waals surface area (Å²) >= 11 is 0. The van der Waals surface area contributed by atoms with Crippen molar-refractivity contribution in [3.05, 3.63) is 35.6 Å². The Kier molecular flexibility index (Phi) is 6.61. The predicted octanol–water partition coefficient (Wildman–Crippen LogP) is 2.04. The van der Waals surface area contributed by atoms with E-state index in [0.717, 1.165) is 0 Å². The van der Waals surface area contributed by atoms with Crippen molar-refractivity contribution in [2.45, 2.75) is 32.4 Å². The lowest BCUT2D eigenvalue weighted by atomic mass is 9.99. The number of hydrogen-bond donors (Lipinski definition) is 2. The summed E-state index contributed by atoms with van der Waals surface area (Å²) in [4.78, 5) is 11.4. The zero-order valence-electron chi connectivity index (χ0n) is 12.1. The van der Waals surface area contributed by atoms with Crippen LogP contribution < -0.4 is 5.32 Å². The first kappa shape index (κ1) is 16.6. The molecule has 0 heterocycles. The van der Waals surface area contributed by atoms with Crippen molar-refractivity contribution in [1.29, 1.82) is 0 Å². The van der Waals surface area contributed by atoms with Crippen LogP contribution in [-0.4, -0.2) is 30.8 Å².